The molecule has 4 saturated carbocycles. The molecule has 0 spiro atoms. The van der Waals surface area contributed by atoms with Crippen molar-refractivity contribution >= 4 is 64.9 Å². The van der Waals surface area contributed by atoms with Gasteiger partial charge in [0.25, 0.3) is 23.6 Å². The summed E-state index contributed by atoms with van der Waals surface area (Å²) in [6.45, 7) is 31.0. The Labute approximate surface area is 561 Å². The number of primary amides is 4. The van der Waals surface area contributed by atoms with Crippen LogP contribution in [-0.2, 0) is 0 Å². The van der Waals surface area contributed by atoms with Gasteiger partial charge in [-0.3, -0.25) is 24.2 Å². The summed E-state index contributed by atoms with van der Waals surface area (Å²) in [6, 6.07) is -0.545. The zero-order valence-corrected chi connectivity index (χ0v) is 58.0. The number of nitrogens with one attached hydrogen (secondary N) is 8. The summed E-state index contributed by atoms with van der Waals surface area (Å²) in [6.07, 6.45) is 14.8. The molecule has 4 fully saturated rings. The normalized spacial score (nSPS) is 28.6. The van der Waals surface area contributed by atoms with E-state index < -0.39 is 60.3 Å². The SMILES string of the molecule is [2H]C([2H])([2H])C(C)(C)Nc1ncc(C(N)=O)c(N[C@@H]2CC[C@@H](C)[C@H](C)C2)n1.[2H]C([2H])([2H])C(C)(C)Nc1ncc(C(N)=O)c(N[C@@H]2CC[C@@H](C)[C@]([2H])(C)C2)n1.[2H][C@@]1(Nc2nc(NC(C)(C)C)ncc2C(N)=O)CC[C@@H](C)[C@H](C)C1.[2H]c1nc(NC(C)(C)C)[nH]c(=N[C@@H]2CC[C@@H](C)[C@H](C)C2)c1C(N)=O. The summed E-state index contributed by atoms with van der Waals surface area (Å²) in [5.41, 5.74) is 19.8. The summed E-state index contributed by atoms with van der Waals surface area (Å²) in [5.74, 6) is 2.76. The average molecular weight is 1290 g/mol. The fourth-order valence-electron chi connectivity index (χ4n) is 11.2. The van der Waals surface area contributed by atoms with Gasteiger partial charge in [0.1, 0.15) is 22.9 Å². The van der Waals surface area contributed by atoms with Gasteiger partial charge in [-0.15, -0.1) is 0 Å². The van der Waals surface area contributed by atoms with Crippen LogP contribution in [0.4, 0.5) is 41.2 Å². The van der Waals surface area contributed by atoms with Gasteiger partial charge < -0.3 is 65.1 Å². The van der Waals surface area contributed by atoms with Crippen molar-refractivity contribution in [3.05, 3.63) is 52.5 Å². The molecular weight excluding hydrogens is 1160 g/mol. The molecule has 4 aromatic rings. The molecule has 4 aliphatic rings. The zero-order chi connectivity index (χ0) is 76.5. The lowest BCUT2D eigenvalue weighted by molar-refractivity contribution is 0.0990. The van der Waals surface area contributed by atoms with Gasteiger partial charge in [0.05, 0.1) is 31.0 Å². The summed E-state index contributed by atoms with van der Waals surface area (Å²) >= 11 is 0. The minimum atomic E-state index is -2.27. The third-order valence-corrected chi connectivity index (χ3v) is 17.2. The maximum atomic E-state index is 11.8. The van der Waals surface area contributed by atoms with Crippen LogP contribution in [-0.4, -0.2) is 110 Å². The van der Waals surface area contributed by atoms with Crippen LogP contribution in [0.15, 0.2) is 29.8 Å². The van der Waals surface area contributed by atoms with Crippen LogP contribution in [0.2, 0.25) is 0 Å². The second-order valence-corrected chi connectivity index (χ2v) is 29.5. The van der Waals surface area contributed by atoms with Crippen LogP contribution in [0, 0.1) is 47.3 Å². The molecule has 0 bridgehead atoms. The highest BCUT2D eigenvalue weighted by molar-refractivity contribution is 5.98. The van der Waals surface area contributed by atoms with E-state index in [1.54, 1.807) is 13.8 Å². The van der Waals surface area contributed by atoms with Gasteiger partial charge in [-0.2, -0.15) is 15.0 Å². The summed E-state index contributed by atoms with van der Waals surface area (Å²) in [7, 11) is 0. The Morgan fingerprint density at radius 2 is 0.870 bits per heavy atom. The predicted octanol–water partition coefficient (Wildman–Crippen LogP) is 11.5. The molecular formula is C68H116N20O4. The first-order valence-electron chi connectivity index (χ1n) is 37.1. The van der Waals surface area contributed by atoms with E-state index in [4.69, 9.17) is 40.3 Å². The van der Waals surface area contributed by atoms with Crippen LogP contribution < -0.4 is 65.6 Å². The number of aromatic nitrogens is 8. The quantitative estimate of drug-likeness (QED) is 0.0526. The van der Waals surface area contributed by atoms with E-state index in [1.807, 2.05) is 48.5 Å². The lowest BCUT2D eigenvalue weighted by Crippen LogP contribution is -2.33. The number of aromatic amines is 1. The average Bonchev–Trinajstić information content (AvgIpc) is 0.820. The van der Waals surface area contributed by atoms with Crippen molar-refractivity contribution in [1.82, 2.24) is 39.9 Å². The first-order valence-corrected chi connectivity index (χ1v) is 32.6. The summed E-state index contributed by atoms with van der Waals surface area (Å²) < 4.78 is 70.9. The van der Waals surface area contributed by atoms with Crippen LogP contribution >= 0.6 is 0 Å². The third kappa shape index (κ3) is 24.9. The van der Waals surface area contributed by atoms with Gasteiger partial charge in [0.15, 0.2) is 0 Å². The smallest absolute Gasteiger partial charge is 0.254 e. The van der Waals surface area contributed by atoms with E-state index in [9.17, 15) is 19.2 Å². The van der Waals surface area contributed by atoms with Gasteiger partial charge in [-0.25, -0.2) is 19.9 Å². The maximum Gasteiger partial charge on any atom is 0.254 e. The van der Waals surface area contributed by atoms with Gasteiger partial charge in [-0.1, -0.05) is 55.4 Å². The third-order valence-electron chi connectivity index (χ3n) is 17.2. The molecule has 0 unspecified atom stereocenters. The van der Waals surface area contributed by atoms with Crippen molar-refractivity contribution in [1.29, 1.82) is 0 Å². The molecule has 0 aliphatic heterocycles. The van der Waals surface area contributed by atoms with E-state index in [0.717, 1.165) is 57.8 Å². The fourth-order valence-corrected chi connectivity index (χ4v) is 11.2. The Morgan fingerprint density at radius 3 is 1.27 bits per heavy atom. The Balaban J connectivity index is 0.000000243. The van der Waals surface area contributed by atoms with E-state index >= 15 is 0 Å². The minimum Gasteiger partial charge on any atom is -0.366 e. The number of nitrogens with zero attached hydrogens (tertiary/aromatic N) is 8. The van der Waals surface area contributed by atoms with Crippen molar-refractivity contribution in [3.63, 3.8) is 0 Å². The Kier molecular flexibility index (Phi) is 21.9. The molecule has 4 aliphatic carbocycles. The standard InChI is InChI=1S/4C17H29N5O/c4*1-10-6-7-12(8-11(10)2)20-15-13(14(18)23)9-19-16(21-15)22-17(3,4)5/h4*9-12H,6-8H2,1-5H3,(H2,18,23)(H2,19,20,21,22)/t4*10-,11-,12-/m1111/s1/i3D3,11D;12D;9D;3D3. The van der Waals surface area contributed by atoms with Crippen molar-refractivity contribution in [2.75, 3.05) is 37.2 Å². The van der Waals surface area contributed by atoms with Gasteiger partial charge in [-0.05, 0) is 207 Å². The number of H-pyrrole nitrogens is 1. The molecule has 0 radical (unpaired) electrons. The number of amides is 4. The molecule has 12 atom stereocenters. The molecule has 0 saturated heterocycles. The van der Waals surface area contributed by atoms with Crippen LogP contribution in [0.5, 0.6) is 0 Å². The second-order valence-electron chi connectivity index (χ2n) is 29.5. The highest BCUT2D eigenvalue weighted by Gasteiger charge is 2.31. The summed E-state index contributed by atoms with van der Waals surface area (Å²) in [4.78, 5) is 84.2. The first-order chi connectivity index (χ1) is 46.2. The monoisotopic (exact) mass is 1290 g/mol. The highest BCUT2D eigenvalue weighted by atomic mass is 16.2. The van der Waals surface area contributed by atoms with E-state index in [1.165, 1.54) is 32.4 Å². The number of nitrogens with two attached hydrogens (primary N) is 4. The molecule has 4 aromatic heterocycles. The number of anilines is 7. The lowest BCUT2D eigenvalue weighted by Gasteiger charge is -2.33. The van der Waals surface area contributed by atoms with Gasteiger partial charge >= 0.3 is 0 Å². The van der Waals surface area contributed by atoms with Crippen LogP contribution in [0.25, 0.3) is 0 Å². The van der Waals surface area contributed by atoms with Gasteiger partial charge in [0, 0.05) is 74.6 Å². The van der Waals surface area contributed by atoms with Crippen LogP contribution in [0.1, 0.15) is 269 Å². The first kappa shape index (κ1) is 62.1. The molecule has 4 heterocycles. The maximum absolute atomic E-state index is 11.8. The largest absolute Gasteiger partial charge is 0.366 e. The number of hydrogen-bond acceptors (Lipinski definition) is 19. The number of hydrogen-bond donors (Lipinski definition) is 12. The molecule has 512 valence electrons. The van der Waals surface area contributed by atoms with E-state index in [-0.39, 0.29) is 81.3 Å². The van der Waals surface area contributed by atoms with Crippen molar-refractivity contribution in [2.24, 2.45) is 75.2 Å². The highest BCUT2D eigenvalue weighted by Crippen LogP contribution is 2.35. The molecule has 24 nitrogen and oxygen atoms in total. The van der Waals surface area contributed by atoms with E-state index in [2.05, 4.69) is 126 Å². The Hall–Kier alpha value is -7.40. The Bertz CT molecular complexity index is 3580. The molecule has 4 amide bonds. The zero-order valence-electron chi connectivity index (χ0n) is 67.0. The summed E-state index contributed by atoms with van der Waals surface area (Å²) in [5, 5.41) is 21.7. The molecule has 8 rings (SSSR count). The molecule has 24 heteroatoms. The lowest BCUT2D eigenvalue weighted by atomic mass is 9.79. The molecule has 16 N–H and O–H groups in total. The fraction of sp³-hybridized carbons (Fsp3) is 0.706. The number of rotatable bonds is 15. The number of carbonyl (C=O) groups excluding carboxylic acids is 4. The predicted molar refractivity (Wildman–Crippen MR) is 373 cm³/mol. The van der Waals surface area contributed by atoms with E-state index in [0.29, 0.717) is 83.8 Å². The Morgan fingerprint density at radius 1 is 0.478 bits per heavy atom. The number of carbonyl (C=O) groups is 4. The van der Waals surface area contributed by atoms with Crippen molar-refractivity contribution in [2.45, 2.75) is 262 Å². The second kappa shape index (κ2) is 32.4. The molecule has 0 aromatic carbocycles. The van der Waals surface area contributed by atoms with Crippen LogP contribution in [0.3, 0.4) is 0 Å². The topological polar surface area (TPSA) is 375 Å². The minimum absolute atomic E-state index is 0.0276. The van der Waals surface area contributed by atoms with Crippen molar-refractivity contribution in [3.8, 4) is 0 Å². The molecule has 92 heavy (non-hydrogen) atoms. The van der Waals surface area contributed by atoms with Gasteiger partial charge in [0.2, 0.25) is 23.8 Å². The van der Waals surface area contributed by atoms with Crippen molar-refractivity contribution < 1.29 is 31.5 Å².